The van der Waals surface area contributed by atoms with E-state index >= 15 is 0 Å². The molecule has 1 saturated heterocycles. The Labute approximate surface area is 70.2 Å². The summed E-state index contributed by atoms with van der Waals surface area (Å²) in [6, 6.07) is 0. The molecular formula is C7H14O5. The van der Waals surface area contributed by atoms with Crippen molar-refractivity contribution in [3.63, 3.8) is 0 Å². The predicted octanol–water partition coefficient (Wildman–Crippen LogP) is -1.80. The van der Waals surface area contributed by atoms with E-state index in [1.54, 1.807) is 6.92 Å². The standard InChI is InChI=1S/C7H14O5/c1-2-3-4(8)5(9)6(10)7(11)12-3/h3-11H,2H2,1H3/t3-,4-,5+,6-,7?/m1/s1. The van der Waals surface area contributed by atoms with Gasteiger partial charge in [-0.1, -0.05) is 6.92 Å². The molecule has 0 aromatic rings. The summed E-state index contributed by atoms with van der Waals surface area (Å²) in [5.41, 5.74) is 0. The lowest BCUT2D eigenvalue weighted by atomic mass is 9.97. The van der Waals surface area contributed by atoms with Crippen LogP contribution in [0.1, 0.15) is 13.3 Å². The van der Waals surface area contributed by atoms with Crippen molar-refractivity contribution < 1.29 is 25.2 Å². The molecule has 0 spiro atoms. The molecule has 0 aromatic heterocycles. The molecule has 0 amide bonds. The molecule has 1 aliphatic heterocycles. The van der Waals surface area contributed by atoms with Crippen LogP contribution in [0.25, 0.3) is 0 Å². The van der Waals surface area contributed by atoms with Gasteiger partial charge in [-0.05, 0) is 6.42 Å². The van der Waals surface area contributed by atoms with E-state index in [9.17, 15) is 10.2 Å². The summed E-state index contributed by atoms with van der Waals surface area (Å²) in [7, 11) is 0. The summed E-state index contributed by atoms with van der Waals surface area (Å²) in [5.74, 6) is 0. The monoisotopic (exact) mass is 178 g/mol. The fraction of sp³-hybridized carbons (Fsp3) is 1.00. The average molecular weight is 178 g/mol. The fourth-order valence-corrected chi connectivity index (χ4v) is 1.27. The summed E-state index contributed by atoms with van der Waals surface area (Å²) in [6.45, 7) is 1.75. The second-order valence-corrected chi connectivity index (χ2v) is 2.95. The zero-order valence-electron chi connectivity index (χ0n) is 6.79. The third-order valence-corrected chi connectivity index (χ3v) is 2.09. The van der Waals surface area contributed by atoms with E-state index in [2.05, 4.69) is 0 Å². The van der Waals surface area contributed by atoms with Crippen LogP contribution in [0.2, 0.25) is 0 Å². The third kappa shape index (κ3) is 1.60. The minimum absolute atomic E-state index is 0.474. The normalized spacial score (nSPS) is 49.2. The predicted molar refractivity (Wildman–Crippen MR) is 39.2 cm³/mol. The first-order valence-electron chi connectivity index (χ1n) is 3.95. The Bertz CT molecular complexity index is 146. The highest BCUT2D eigenvalue weighted by Crippen LogP contribution is 2.21. The fourth-order valence-electron chi connectivity index (χ4n) is 1.27. The molecule has 1 heterocycles. The molecule has 0 saturated carbocycles. The van der Waals surface area contributed by atoms with Gasteiger partial charge in [-0.3, -0.25) is 0 Å². The van der Waals surface area contributed by atoms with Gasteiger partial charge in [0.25, 0.3) is 0 Å². The maximum absolute atomic E-state index is 9.28. The average Bonchev–Trinajstić information content (AvgIpc) is 2.08. The number of hydrogen-bond acceptors (Lipinski definition) is 5. The number of aliphatic hydroxyl groups is 4. The van der Waals surface area contributed by atoms with Crippen LogP contribution in [0.3, 0.4) is 0 Å². The minimum atomic E-state index is -1.43. The second kappa shape index (κ2) is 3.68. The summed E-state index contributed by atoms with van der Waals surface area (Å²) < 4.78 is 4.83. The molecule has 5 atom stereocenters. The van der Waals surface area contributed by atoms with Crippen molar-refractivity contribution in [2.24, 2.45) is 0 Å². The lowest BCUT2D eigenvalue weighted by molar-refractivity contribution is -0.281. The zero-order valence-corrected chi connectivity index (χ0v) is 6.79. The Morgan fingerprint density at radius 1 is 1.00 bits per heavy atom. The van der Waals surface area contributed by atoms with E-state index < -0.39 is 30.7 Å². The Balaban J connectivity index is 2.63. The Hall–Kier alpha value is -0.200. The van der Waals surface area contributed by atoms with Gasteiger partial charge in [0.05, 0.1) is 6.10 Å². The first kappa shape index (κ1) is 9.88. The van der Waals surface area contributed by atoms with Crippen molar-refractivity contribution in [1.29, 1.82) is 0 Å². The Morgan fingerprint density at radius 3 is 2.08 bits per heavy atom. The smallest absolute Gasteiger partial charge is 0.183 e. The van der Waals surface area contributed by atoms with Gasteiger partial charge in [-0.15, -0.1) is 0 Å². The number of rotatable bonds is 1. The maximum atomic E-state index is 9.28. The van der Waals surface area contributed by atoms with Gasteiger partial charge in [0.1, 0.15) is 18.3 Å². The van der Waals surface area contributed by atoms with Crippen molar-refractivity contribution in [2.45, 2.75) is 44.1 Å². The first-order valence-corrected chi connectivity index (χ1v) is 3.95. The van der Waals surface area contributed by atoms with Gasteiger partial charge in [0.15, 0.2) is 6.29 Å². The largest absolute Gasteiger partial charge is 0.388 e. The molecule has 1 rings (SSSR count). The second-order valence-electron chi connectivity index (χ2n) is 2.95. The maximum Gasteiger partial charge on any atom is 0.183 e. The van der Waals surface area contributed by atoms with E-state index in [4.69, 9.17) is 14.9 Å². The molecule has 5 nitrogen and oxygen atoms in total. The molecule has 4 N–H and O–H groups in total. The molecule has 0 bridgehead atoms. The molecule has 1 aliphatic rings. The highest BCUT2D eigenvalue weighted by Gasteiger charge is 2.41. The summed E-state index contributed by atoms with van der Waals surface area (Å²) in [6.07, 6.45) is -5.44. The van der Waals surface area contributed by atoms with E-state index in [0.717, 1.165) is 0 Å². The van der Waals surface area contributed by atoms with Crippen molar-refractivity contribution in [2.75, 3.05) is 0 Å². The van der Waals surface area contributed by atoms with Crippen molar-refractivity contribution >= 4 is 0 Å². The van der Waals surface area contributed by atoms with Gasteiger partial charge in [-0.25, -0.2) is 0 Å². The van der Waals surface area contributed by atoms with Crippen molar-refractivity contribution in [3.05, 3.63) is 0 Å². The molecule has 5 heteroatoms. The van der Waals surface area contributed by atoms with E-state index in [-0.39, 0.29) is 0 Å². The van der Waals surface area contributed by atoms with Crippen LogP contribution >= 0.6 is 0 Å². The van der Waals surface area contributed by atoms with Crippen LogP contribution < -0.4 is 0 Å². The van der Waals surface area contributed by atoms with Gasteiger partial charge in [0, 0.05) is 0 Å². The van der Waals surface area contributed by atoms with Gasteiger partial charge in [0.2, 0.25) is 0 Å². The molecule has 72 valence electrons. The summed E-state index contributed by atoms with van der Waals surface area (Å²) in [4.78, 5) is 0. The molecule has 0 aromatic carbocycles. The van der Waals surface area contributed by atoms with Crippen LogP contribution in [-0.4, -0.2) is 51.1 Å². The molecule has 1 fully saturated rings. The number of hydrogen-bond donors (Lipinski definition) is 4. The lowest BCUT2D eigenvalue weighted by Crippen LogP contribution is -2.57. The van der Waals surface area contributed by atoms with Crippen molar-refractivity contribution in [3.8, 4) is 0 Å². The molecule has 0 radical (unpaired) electrons. The first-order chi connectivity index (χ1) is 5.57. The number of ether oxygens (including phenoxy) is 1. The minimum Gasteiger partial charge on any atom is -0.388 e. The van der Waals surface area contributed by atoms with Crippen LogP contribution in [0.5, 0.6) is 0 Å². The summed E-state index contributed by atoms with van der Waals surface area (Å²) >= 11 is 0. The van der Waals surface area contributed by atoms with Gasteiger partial charge in [-0.2, -0.15) is 0 Å². The molecule has 0 aliphatic carbocycles. The quantitative estimate of drug-likeness (QED) is 0.380. The topological polar surface area (TPSA) is 90.2 Å². The Morgan fingerprint density at radius 2 is 1.58 bits per heavy atom. The molecule has 12 heavy (non-hydrogen) atoms. The van der Waals surface area contributed by atoms with Crippen LogP contribution in [-0.2, 0) is 4.74 Å². The van der Waals surface area contributed by atoms with E-state index in [0.29, 0.717) is 6.42 Å². The number of aliphatic hydroxyl groups excluding tert-OH is 4. The molecular weight excluding hydrogens is 164 g/mol. The zero-order chi connectivity index (χ0) is 9.30. The highest BCUT2D eigenvalue weighted by atomic mass is 16.6. The van der Waals surface area contributed by atoms with E-state index in [1.807, 2.05) is 0 Å². The van der Waals surface area contributed by atoms with Gasteiger partial charge >= 0.3 is 0 Å². The lowest BCUT2D eigenvalue weighted by Gasteiger charge is -2.37. The molecule has 1 unspecified atom stereocenters. The third-order valence-electron chi connectivity index (χ3n) is 2.09. The van der Waals surface area contributed by atoms with Crippen LogP contribution in [0, 0.1) is 0 Å². The SMILES string of the molecule is CC[C@H]1OC(O)[C@H](O)[C@@H](O)[C@@H]1O. The highest BCUT2D eigenvalue weighted by molar-refractivity contribution is 4.87. The van der Waals surface area contributed by atoms with Gasteiger partial charge < -0.3 is 25.2 Å². The van der Waals surface area contributed by atoms with E-state index in [1.165, 1.54) is 0 Å². The Kier molecular flexibility index (Phi) is 3.03. The summed E-state index contributed by atoms with van der Waals surface area (Å²) in [5, 5.41) is 36.5. The van der Waals surface area contributed by atoms with Crippen molar-refractivity contribution in [1.82, 2.24) is 0 Å². The van der Waals surface area contributed by atoms with Crippen LogP contribution in [0.4, 0.5) is 0 Å². The van der Waals surface area contributed by atoms with Crippen LogP contribution in [0.15, 0.2) is 0 Å².